The zero-order valence-corrected chi connectivity index (χ0v) is 9.98. The Kier molecular flexibility index (Phi) is 3.76. The average molecular weight is 282 g/mol. The van der Waals surface area contributed by atoms with Crippen molar-refractivity contribution in [3.63, 3.8) is 0 Å². The first-order valence-corrected chi connectivity index (χ1v) is 5.56. The minimum Gasteiger partial charge on any atom is -0.479 e. The standard InChI is InChI=1S/C14H9F3O3/c15-10-5-4-7(13(18)14(19)20)6-9(10)8-2-1-3-11(16)12(8)17/h1-6,13,18H,(H,19,20). The van der Waals surface area contributed by atoms with Crippen molar-refractivity contribution in [3.05, 3.63) is 59.4 Å². The second-order valence-electron chi connectivity index (χ2n) is 4.08. The van der Waals surface area contributed by atoms with Crippen LogP contribution in [0.4, 0.5) is 13.2 Å². The molecule has 0 heterocycles. The molecule has 0 amide bonds. The van der Waals surface area contributed by atoms with Gasteiger partial charge in [-0.15, -0.1) is 0 Å². The lowest BCUT2D eigenvalue weighted by atomic mass is 9.99. The second-order valence-corrected chi connectivity index (χ2v) is 4.08. The molecule has 0 aliphatic carbocycles. The van der Waals surface area contributed by atoms with Crippen molar-refractivity contribution in [3.8, 4) is 11.1 Å². The molecule has 1 unspecified atom stereocenters. The van der Waals surface area contributed by atoms with Crippen molar-refractivity contribution in [1.82, 2.24) is 0 Å². The average Bonchev–Trinajstić information content (AvgIpc) is 2.42. The van der Waals surface area contributed by atoms with Crippen LogP contribution >= 0.6 is 0 Å². The van der Waals surface area contributed by atoms with Crippen LogP contribution in [0.15, 0.2) is 36.4 Å². The van der Waals surface area contributed by atoms with E-state index in [0.29, 0.717) is 0 Å². The first-order chi connectivity index (χ1) is 9.41. The highest BCUT2D eigenvalue weighted by atomic mass is 19.2. The monoisotopic (exact) mass is 282 g/mol. The molecule has 1 atom stereocenters. The van der Waals surface area contributed by atoms with Crippen molar-refractivity contribution in [2.24, 2.45) is 0 Å². The highest BCUT2D eigenvalue weighted by Gasteiger charge is 2.19. The fraction of sp³-hybridized carbons (Fsp3) is 0.0714. The van der Waals surface area contributed by atoms with E-state index in [2.05, 4.69) is 0 Å². The molecule has 2 aromatic rings. The van der Waals surface area contributed by atoms with Gasteiger partial charge in [-0.05, 0) is 23.8 Å². The summed E-state index contributed by atoms with van der Waals surface area (Å²) in [5.41, 5.74) is -0.792. The van der Waals surface area contributed by atoms with Crippen LogP contribution in [0.5, 0.6) is 0 Å². The SMILES string of the molecule is O=C(O)C(O)c1ccc(F)c(-c2cccc(F)c2F)c1. The molecule has 0 aliphatic heterocycles. The lowest BCUT2D eigenvalue weighted by Gasteiger charge is -2.10. The van der Waals surface area contributed by atoms with Crippen LogP contribution in [0, 0.1) is 17.5 Å². The lowest BCUT2D eigenvalue weighted by molar-refractivity contribution is -0.146. The summed E-state index contributed by atoms with van der Waals surface area (Å²) >= 11 is 0. The molecule has 2 aromatic carbocycles. The van der Waals surface area contributed by atoms with E-state index in [-0.39, 0.29) is 16.7 Å². The number of carboxylic acid groups (broad SMARTS) is 1. The summed E-state index contributed by atoms with van der Waals surface area (Å²) in [6.45, 7) is 0. The van der Waals surface area contributed by atoms with Gasteiger partial charge in [0.1, 0.15) is 5.82 Å². The number of hydrogen-bond acceptors (Lipinski definition) is 2. The number of hydrogen-bond donors (Lipinski definition) is 2. The summed E-state index contributed by atoms with van der Waals surface area (Å²) in [6.07, 6.45) is -1.87. The largest absolute Gasteiger partial charge is 0.479 e. The van der Waals surface area contributed by atoms with Crippen molar-refractivity contribution >= 4 is 5.97 Å². The van der Waals surface area contributed by atoms with Gasteiger partial charge in [0.2, 0.25) is 0 Å². The normalized spacial score (nSPS) is 12.2. The van der Waals surface area contributed by atoms with E-state index in [1.165, 1.54) is 6.07 Å². The fourth-order valence-corrected chi connectivity index (χ4v) is 1.77. The van der Waals surface area contributed by atoms with E-state index in [1.54, 1.807) is 0 Å². The predicted molar refractivity (Wildman–Crippen MR) is 64.3 cm³/mol. The third-order valence-electron chi connectivity index (χ3n) is 2.78. The summed E-state index contributed by atoms with van der Waals surface area (Å²) < 4.78 is 40.5. The first-order valence-electron chi connectivity index (χ1n) is 5.56. The number of halogens is 3. The summed E-state index contributed by atoms with van der Waals surface area (Å²) in [5.74, 6) is -4.77. The minimum absolute atomic E-state index is 0.127. The molecular weight excluding hydrogens is 273 g/mol. The number of aliphatic hydroxyl groups excluding tert-OH is 1. The Bertz CT molecular complexity index is 671. The van der Waals surface area contributed by atoms with Gasteiger partial charge in [-0.25, -0.2) is 18.0 Å². The Labute approximate surface area is 111 Å². The van der Waals surface area contributed by atoms with Crippen LogP contribution in [0.3, 0.4) is 0 Å². The fourth-order valence-electron chi connectivity index (χ4n) is 1.77. The lowest BCUT2D eigenvalue weighted by Crippen LogP contribution is -2.10. The number of carbonyl (C=O) groups is 1. The molecule has 0 radical (unpaired) electrons. The highest BCUT2D eigenvalue weighted by molar-refractivity contribution is 5.75. The Morgan fingerprint density at radius 3 is 2.35 bits per heavy atom. The Morgan fingerprint density at radius 1 is 1.00 bits per heavy atom. The molecule has 0 aliphatic rings. The first kappa shape index (κ1) is 14.1. The maximum Gasteiger partial charge on any atom is 0.337 e. The molecule has 2 N–H and O–H groups in total. The molecule has 0 saturated heterocycles. The molecule has 0 bridgehead atoms. The van der Waals surface area contributed by atoms with E-state index in [0.717, 1.165) is 30.3 Å². The molecule has 0 saturated carbocycles. The molecule has 20 heavy (non-hydrogen) atoms. The molecule has 3 nitrogen and oxygen atoms in total. The van der Waals surface area contributed by atoms with Gasteiger partial charge < -0.3 is 10.2 Å². The van der Waals surface area contributed by atoms with Gasteiger partial charge in [-0.2, -0.15) is 0 Å². The van der Waals surface area contributed by atoms with Gasteiger partial charge in [0.05, 0.1) is 0 Å². The van der Waals surface area contributed by atoms with Gasteiger partial charge in [-0.1, -0.05) is 18.2 Å². The van der Waals surface area contributed by atoms with E-state index in [9.17, 15) is 23.1 Å². The zero-order chi connectivity index (χ0) is 14.9. The van der Waals surface area contributed by atoms with E-state index < -0.39 is 29.5 Å². The van der Waals surface area contributed by atoms with Crippen LogP contribution in [-0.4, -0.2) is 16.2 Å². The number of benzene rings is 2. The second kappa shape index (κ2) is 5.34. The van der Waals surface area contributed by atoms with E-state index >= 15 is 0 Å². The van der Waals surface area contributed by atoms with Crippen LogP contribution in [-0.2, 0) is 4.79 Å². The molecule has 104 valence electrons. The third-order valence-corrected chi connectivity index (χ3v) is 2.78. The smallest absolute Gasteiger partial charge is 0.337 e. The number of aliphatic hydroxyl groups is 1. The van der Waals surface area contributed by atoms with Crippen molar-refractivity contribution < 1.29 is 28.2 Å². The number of aliphatic carboxylic acids is 1. The quantitative estimate of drug-likeness (QED) is 0.910. The van der Waals surface area contributed by atoms with Crippen molar-refractivity contribution in [2.75, 3.05) is 0 Å². The van der Waals surface area contributed by atoms with Gasteiger partial charge in [0, 0.05) is 11.1 Å². The third kappa shape index (κ3) is 2.50. The minimum atomic E-state index is -1.87. The maximum atomic E-state index is 13.7. The highest BCUT2D eigenvalue weighted by Crippen LogP contribution is 2.29. The van der Waals surface area contributed by atoms with Crippen LogP contribution in [0.2, 0.25) is 0 Å². The van der Waals surface area contributed by atoms with Crippen LogP contribution < -0.4 is 0 Å². The molecule has 0 fully saturated rings. The molecule has 0 spiro atoms. The molecule has 6 heteroatoms. The van der Waals surface area contributed by atoms with Crippen LogP contribution in [0.25, 0.3) is 11.1 Å². The summed E-state index contributed by atoms with van der Waals surface area (Å²) in [7, 11) is 0. The van der Waals surface area contributed by atoms with Crippen LogP contribution in [0.1, 0.15) is 11.7 Å². The Balaban J connectivity index is 2.59. The molecular formula is C14H9F3O3. The molecule has 0 aromatic heterocycles. The summed E-state index contributed by atoms with van der Waals surface area (Å²) in [5, 5.41) is 18.1. The Morgan fingerprint density at radius 2 is 1.70 bits per heavy atom. The van der Waals surface area contributed by atoms with E-state index in [4.69, 9.17) is 5.11 Å². The molecule has 2 rings (SSSR count). The predicted octanol–water partition coefficient (Wildman–Crippen LogP) is 2.89. The maximum absolute atomic E-state index is 13.7. The number of carboxylic acids is 1. The van der Waals surface area contributed by atoms with Gasteiger partial charge in [0.25, 0.3) is 0 Å². The van der Waals surface area contributed by atoms with Crippen molar-refractivity contribution in [1.29, 1.82) is 0 Å². The van der Waals surface area contributed by atoms with Gasteiger partial charge in [-0.3, -0.25) is 0 Å². The van der Waals surface area contributed by atoms with Gasteiger partial charge in [0.15, 0.2) is 17.7 Å². The van der Waals surface area contributed by atoms with Crippen molar-refractivity contribution in [2.45, 2.75) is 6.10 Å². The summed E-state index contributed by atoms with van der Waals surface area (Å²) in [4.78, 5) is 10.7. The van der Waals surface area contributed by atoms with Gasteiger partial charge >= 0.3 is 5.97 Å². The Hall–Kier alpha value is -2.34. The summed E-state index contributed by atoms with van der Waals surface area (Å²) in [6, 6.07) is 6.18. The number of rotatable bonds is 3. The topological polar surface area (TPSA) is 57.5 Å². The zero-order valence-electron chi connectivity index (χ0n) is 9.98. The van der Waals surface area contributed by atoms with E-state index in [1.807, 2.05) is 0 Å².